The Morgan fingerprint density at radius 1 is 0.657 bits per heavy atom. The summed E-state index contributed by atoms with van der Waals surface area (Å²) in [6.45, 7) is 17.1. The van der Waals surface area contributed by atoms with E-state index in [0.717, 1.165) is 0 Å². The summed E-state index contributed by atoms with van der Waals surface area (Å²) in [6.07, 6.45) is 0. The van der Waals surface area contributed by atoms with E-state index in [2.05, 4.69) is 127 Å². The molecule has 1 atom stereocenters. The normalized spacial score (nSPS) is 12.6. The van der Waals surface area contributed by atoms with Gasteiger partial charge in [-0.15, -0.1) is 18.8 Å². The summed E-state index contributed by atoms with van der Waals surface area (Å²) < 4.78 is 0. The molecular weight excluding hydrogens is 502 g/mol. The predicted octanol–water partition coefficient (Wildman–Crippen LogP) is 8.71. The molecule has 188 valence electrons. The Hall–Kier alpha value is -1.48. The van der Waals surface area contributed by atoms with Gasteiger partial charge in [-0.3, -0.25) is 0 Å². The second-order valence-corrected chi connectivity index (χ2v) is 17.1. The van der Waals surface area contributed by atoms with E-state index in [9.17, 15) is 0 Å². The number of rotatable bonds is 5. The molecule has 0 fully saturated rings. The first kappa shape index (κ1) is 29.7. The van der Waals surface area contributed by atoms with Crippen LogP contribution in [0.1, 0.15) is 59.7 Å². The van der Waals surface area contributed by atoms with E-state index < -0.39 is 7.92 Å². The van der Waals surface area contributed by atoms with Crippen molar-refractivity contribution in [1.29, 1.82) is 0 Å². The number of hydrogen-bond acceptors (Lipinski definition) is 0. The Kier molecular flexibility index (Phi) is 11.2. The molecule has 0 bridgehead atoms. The third-order valence-electron chi connectivity index (χ3n) is 5.93. The Morgan fingerprint density at radius 2 is 1.11 bits per heavy atom. The van der Waals surface area contributed by atoms with Gasteiger partial charge in [-0.2, -0.15) is 24.3 Å². The van der Waals surface area contributed by atoms with E-state index in [1.54, 1.807) is 5.56 Å². The Balaban J connectivity index is 0.000000640. The van der Waals surface area contributed by atoms with E-state index in [0.29, 0.717) is 16.0 Å². The molecule has 4 rings (SSSR count). The van der Waals surface area contributed by atoms with Crippen LogP contribution in [0.3, 0.4) is 0 Å². The van der Waals surface area contributed by atoms with Gasteiger partial charge in [0.05, 0.1) is 0 Å². The third kappa shape index (κ3) is 8.00. The maximum atomic E-state index is 2.48. The smallest absolute Gasteiger partial charge is 0 e. The van der Waals surface area contributed by atoms with Crippen molar-refractivity contribution in [2.75, 3.05) is 0 Å². The standard InChI is InChI=1S/C27H35P2.C5H5.Fe/c1-21(29(26(2,3)4)27(5,6)7)24-19-14-20-25(24)28(22-15-10-8-11-16-22)23-17-12-9-13-18-23;1-2-4-5-3-1;/h8-21H,1-7H3;1-5H;/q2*-1;/t21-;;/m0../s1. The molecule has 4 aromatic rings. The van der Waals surface area contributed by atoms with Crippen LogP contribution in [0.5, 0.6) is 0 Å². The van der Waals surface area contributed by atoms with Crippen molar-refractivity contribution in [3.05, 3.63) is 115 Å². The SMILES string of the molecule is C[C@@H]([c-]1cccc1P(c1ccccc1)c1ccccc1)P(C(C)(C)C)C(C)(C)C.[Fe].c1cc[cH-]c1. The van der Waals surface area contributed by atoms with Crippen molar-refractivity contribution in [1.82, 2.24) is 0 Å². The van der Waals surface area contributed by atoms with Crippen molar-refractivity contribution >= 4 is 31.8 Å². The average Bonchev–Trinajstić information content (AvgIpc) is 3.49. The molecule has 3 heteroatoms. The molecule has 0 nitrogen and oxygen atoms in total. The van der Waals surface area contributed by atoms with E-state index in [1.807, 2.05) is 30.3 Å². The molecule has 0 heterocycles. The molecule has 35 heavy (non-hydrogen) atoms. The van der Waals surface area contributed by atoms with E-state index in [-0.39, 0.29) is 25.0 Å². The number of hydrogen-bond donors (Lipinski definition) is 0. The molecule has 0 amide bonds. The zero-order valence-electron chi connectivity index (χ0n) is 22.2. The van der Waals surface area contributed by atoms with E-state index in [1.165, 1.54) is 15.9 Å². The largest absolute Gasteiger partial charge is 0.214 e. The summed E-state index contributed by atoms with van der Waals surface area (Å²) in [6, 6.07) is 39.2. The zero-order valence-corrected chi connectivity index (χ0v) is 25.1. The van der Waals surface area contributed by atoms with Crippen LogP contribution < -0.4 is 15.9 Å². The molecule has 0 spiro atoms. The maximum Gasteiger partial charge on any atom is 0 e. The Bertz CT molecular complexity index is 1010. The molecule has 0 aliphatic carbocycles. The summed E-state index contributed by atoms with van der Waals surface area (Å²) >= 11 is 0. The summed E-state index contributed by atoms with van der Waals surface area (Å²) in [5.41, 5.74) is 2.12. The van der Waals surface area contributed by atoms with Crippen molar-refractivity contribution in [3.8, 4) is 0 Å². The van der Waals surface area contributed by atoms with Crippen LogP contribution >= 0.6 is 15.8 Å². The van der Waals surface area contributed by atoms with Gasteiger partial charge in [-0.1, -0.05) is 109 Å². The van der Waals surface area contributed by atoms with Crippen molar-refractivity contribution in [3.63, 3.8) is 0 Å². The minimum atomic E-state index is -0.548. The van der Waals surface area contributed by atoms with Crippen LogP contribution in [-0.2, 0) is 17.1 Å². The van der Waals surface area contributed by atoms with Gasteiger partial charge in [0.25, 0.3) is 0 Å². The first-order valence-electron chi connectivity index (χ1n) is 12.2. The van der Waals surface area contributed by atoms with Crippen molar-refractivity contribution in [2.45, 2.75) is 64.4 Å². The molecule has 0 unspecified atom stereocenters. The summed E-state index contributed by atoms with van der Waals surface area (Å²) in [5, 5.41) is 5.02. The van der Waals surface area contributed by atoms with Gasteiger partial charge in [0.1, 0.15) is 0 Å². The molecule has 0 aromatic heterocycles. The van der Waals surface area contributed by atoms with Crippen LogP contribution in [0.4, 0.5) is 0 Å². The van der Waals surface area contributed by atoms with Crippen LogP contribution in [0, 0.1) is 0 Å². The first-order valence-corrected chi connectivity index (χ1v) is 15.0. The Morgan fingerprint density at radius 3 is 1.49 bits per heavy atom. The van der Waals surface area contributed by atoms with Crippen LogP contribution in [0.15, 0.2) is 109 Å². The van der Waals surface area contributed by atoms with Gasteiger partial charge in [0.2, 0.25) is 0 Å². The fourth-order valence-corrected chi connectivity index (χ4v) is 12.7. The zero-order chi connectivity index (χ0) is 24.8. The monoisotopic (exact) mass is 542 g/mol. The van der Waals surface area contributed by atoms with Crippen molar-refractivity contribution in [2.24, 2.45) is 0 Å². The van der Waals surface area contributed by atoms with Gasteiger partial charge in [-0.25, -0.2) is 24.3 Å². The molecule has 0 aliphatic heterocycles. The van der Waals surface area contributed by atoms with Gasteiger partial charge in [-0.05, 0) is 34.5 Å². The van der Waals surface area contributed by atoms with Crippen LogP contribution in [-0.4, -0.2) is 10.3 Å². The minimum absolute atomic E-state index is 0. The Labute approximate surface area is 227 Å². The topological polar surface area (TPSA) is 0 Å². The van der Waals surface area contributed by atoms with Gasteiger partial charge >= 0.3 is 0 Å². The van der Waals surface area contributed by atoms with Crippen molar-refractivity contribution < 1.29 is 17.1 Å². The van der Waals surface area contributed by atoms with Gasteiger partial charge in [0, 0.05) is 17.1 Å². The number of benzene rings is 2. The van der Waals surface area contributed by atoms with Gasteiger partial charge in [0.15, 0.2) is 0 Å². The molecular formula is C32H40FeP2-2. The van der Waals surface area contributed by atoms with Crippen LogP contribution in [0.25, 0.3) is 0 Å². The molecule has 0 radical (unpaired) electrons. The molecule has 4 aromatic carbocycles. The second-order valence-electron chi connectivity index (χ2n) is 10.7. The molecule has 0 aliphatic rings. The van der Waals surface area contributed by atoms with E-state index >= 15 is 0 Å². The fourth-order valence-electron chi connectivity index (χ4n) is 5.19. The minimum Gasteiger partial charge on any atom is -0.214 e. The summed E-state index contributed by atoms with van der Waals surface area (Å²) in [4.78, 5) is 0. The maximum absolute atomic E-state index is 2.48. The second kappa shape index (κ2) is 13.2. The third-order valence-corrected chi connectivity index (χ3v) is 12.4. The molecule has 0 N–H and O–H groups in total. The first-order chi connectivity index (χ1) is 16.1. The molecule has 0 saturated heterocycles. The quantitative estimate of drug-likeness (QED) is 0.134. The van der Waals surface area contributed by atoms with Gasteiger partial charge < -0.3 is 0 Å². The summed E-state index contributed by atoms with van der Waals surface area (Å²) in [7, 11) is -0.771. The van der Waals surface area contributed by atoms with Crippen LogP contribution in [0.2, 0.25) is 0 Å². The predicted molar refractivity (Wildman–Crippen MR) is 158 cm³/mol. The molecule has 0 saturated carbocycles. The summed E-state index contributed by atoms with van der Waals surface area (Å²) in [5.74, 6) is 0. The fraction of sp³-hybridized carbons (Fsp3) is 0.312. The average molecular weight is 542 g/mol. The van der Waals surface area contributed by atoms with E-state index in [4.69, 9.17) is 0 Å².